The number of hydrogen-bond donors (Lipinski definition) is 7. The number of aliphatic hydroxyl groups is 1. The maximum Gasteiger partial charge on any atom is 0.490 e. The number of nitrogens with two attached hydrogens (primary N) is 1. The Hall–Kier alpha value is -2.34. The molecule has 1 aromatic carbocycles. The predicted molar refractivity (Wildman–Crippen MR) is 127 cm³/mol. The lowest BCUT2D eigenvalue weighted by atomic mass is 10.1. The van der Waals surface area contributed by atoms with Crippen LogP contribution in [0.25, 0.3) is 11.2 Å². The van der Waals surface area contributed by atoms with Crippen LogP contribution in [0.3, 0.4) is 0 Å². The number of aliphatic hydroxyl groups excluding tert-OH is 1. The molecular weight excluding hydrogens is 591 g/mol. The average molecular weight is 613 g/mol. The monoisotopic (exact) mass is 613 g/mol. The fourth-order valence-electron chi connectivity index (χ4n) is 3.63. The molecule has 4 rings (SSSR count). The van der Waals surface area contributed by atoms with E-state index < -0.39 is 60.2 Å². The Kier molecular flexibility index (Phi) is 8.56. The van der Waals surface area contributed by atoms with Crippen molar-refractivity contribution in [2.45, 2.75) is 31.1 Å². The lowest BCUT2D eigenvalue weighted by Gasteiger charge is -2.22. The van der Waals surface area contributed by atoms with Gasteiger partial charge < -0.3 is 39.9 Å². The molecule has 2 aromatic heterocycles. The summed E-state index contributed by atoms with van der Waals surface area (Å²) in [6.07, 6.45) is -4.29. The number of benzene rings is 1. The molecule has 214 valence electrons. The Morgan fingerprint density at radius 3 is 2.44 bits per heavy atom. The Bertz CT molecular complexity index is 1530. The maximum absolute atomic E-state index is 12.2. The third-order valence-corrected chi connectivity index (χ3v) is 8.94. The van der Waals surface area contributed by atoms with Gasteiger partial charge in [-0.2, -0.15) is 13.6 Å². The molecule has 1 fully saturated rings. The van der Waals surface area contributed by atoms with E-state index in [-0.39, 0.29) is 23.7 Å². The van der Waals surface area contributed by atoms with E-state index in [1.165, 1.54) is 10.9 Å². The number of phosphoric ester groups is 1. The summed E-state index contributed by atoms with van der Waals surface area (Å²) in [5.74, 6) is -0.237. The second-order valence-corrected chi connectivity index (χ2v) is 12.4. The first-order valence-electron chi connectivity index (χ1n) is 10.6. The van der Waals surface area contributed by atoms with Gasteiger partial charge in [0, 0.05) is 0 Å². The molecular formula is C17H22N5O14P3. The maximum atomic E-state index is 12.2. The van der Waals surface area contributed by atoms with Gasteiger partial charge >= 0.3 is 23.5 Å². The highest BCUT2D eigenvalue weighted by molar-refractivity contribution is 7.66. The van der Waals surface area contributed by atoms with Gasteiger partial charge in [0.1, 0.15) is 18.3 Å². The van der Waals surface area contributed by atoms with Crippen LogP contribution >= 0.6 is 23.5 Å². The molecule has 8 N–H and O–H groups in total. The van der Waals surface area contributed by atoms with E-state index in [1.54, 1.807) is 30.3 Å². The minimum Gasteiger partial charge on any atom is -0.387 e. The highest BCUT2D eigenvalue weighted by Gasteiger charge is 2.48. The van der Waals surface area contributed by atoms with Gasteiger partial charge in [0.25, 0.3) is 5.56 Å². The predicted octanol–water partition coefficient (Wildman–Crippen LogP) is -0.111. The molecule has 3 aromatic rings. The molecule has 1 aliphatic heterocycles. The molecule has 0 spiro atoms. The summed E-state index contributed by atoms with van der Waals surface area (Å²) in [5, 5.41) is 10.9. The Morgan fingerprint density at radius 1 is 1.08 bits per heavy atom. The van der Waals surface area contributed by atoms with Crippen molar-refractivity contribution in [2.75, 3.05) is 12.3 Å². The van der Waals surface area contributed by atoms with Gasteiger partial charge in [0.05, 0.1) is 19.5 Å². The largest absolute Gasteiger partial charge is 0.490 e. The van der Waals surface area contributed by atoms with Crippen molar-refractivity contribution >= 4 is 40.6 Å². The molecule has 0 amide bonds. The quantitative estimate of drug-likeness (QED) is 0.139. The van der Waals surface area contributed by atoms with E-state index in [1.807, 2.05) is 0 Å². The number of hydrogen-bond acceptors (Lipinski definition) is 13. The van der Waals surface area contributed by atoms with Crippen molar-refractivity contribution in [1.29, 1.82) is 0 Å². The molecule has 1 aliphatic rings. The van der Waals surface area contributed by atoms with E-state index in [2.05, 4.69) is 28.1 Å². The van der Waals surface area contributed by atoms with Gasteiger partial charge in [-0.3, -0.25) is 18.9 Å². The van der Waals surface area contributed by atoms with Crippen molar-refractivity contribution in [3.05, 3.63) is 52.6 Å². The standard InChI is InChI=1S/C17H22N5O14P3/c18-17-20-14-11(15(24)21-17)19-8-22(14)16-13(32-6-9-4-2-1-3-5-9)12(23)10(34-16)7-33-38(28,29)36-39(30,31)35-37(25,26)27/h1-5,8,10,12-13,16,23H,6-7H2,(H,28,29)(H,30,31)(H2,25,26,27)(H3,18,20,21,24)/t10-,12-,13-,16-/m1/s1. The molecule has 39 heavy (non-hydrogen) atoms. The van der Waals surface area contributed by atoms with Crippen LogP contribution in [-0.2, 0) is 42.9 Å². The van der Waals surface area contributed by atoms with Crippen LogP contribution in [0.15, 0.2) is 41.5 Å². The molecule has 0 aliphatic carbocycles. The number of nitrogen functional groups attached to an aromatic ring is 1. The number of ether oxygens (including phenoxy) is 2. The molecule has 0 saturated carbocycles. The highest BCUT2D eigenvalue weighted by Crippen LogP contribution is 2.66. The number of fused-ring (bicyclic) bond motifs is 1. The van der Waals surface area contributed by atoms with E-state index >= 15 is 0 Å². The highest BCUT2D eigenvalue weighted by atomic mass is 31.3. The zero-order valence-corrected chi connectivity index (χ0v) is 22.0. The van der Waals surface area contributed by atoms with Gasteiger partial charge in [-0.15, -0.1) is 0 Å². The molecule has 1 saturated heterocycles. The number of H-pyrrole nitrogens is 1. The Labute approximate surface area is 217 Å². The number of nitrogens with one attached hydrogen (secondary N) is 1. The molecule has 2 unspecified atom stereocenters. The first-order chi connectivity index (χ1) is 18.1. The molecule has 19 nitrogen and oxygen atoms in total. The van der Waals surface area contributed by atoms with Crippen LogP contribution in [0.2, 0.25) is 0 Å². The van der Waals surface area contributed by atoms with Crippen LogP contribution in [0.5, 0.6) is 0 Å². The fraction of sp³-hybridized carbons (Fsp3) is 0.353. The van der Waals surface area contributed by atoms with Gasteiger partial charge in [-0.1, -0.05) is 30.3 Å². The summed E-state index contributed by atoms with van der Waals surface area (Å²) in [6.45, 7) is -0.969. The number of imidazole rings is 1. The van der Waals surface area contributed by atoms with Crippen molar-refractivity contribution in [2.24, 2.45) is 0 Å². The summed E-state index contributed by atoms with van der Waals surface area (Å²) in [5.41, 5.74) is 5.56. The number of rotatable bonds is 11. The summed E-state index contributed by atoms with van der Waals surface area (Å²) < 4.78 is 59.3. The van der Waals surface area contributed by atoms with Crippen LogP contribution in [0.4, 0.5) is 5.95 Å². The summed E-state index contributed by atoms with van der Waals surface area (Å²) in [4.78, 5) is 58.8. The van der Waals surface area contributed by atoms with Crippen LogP contribution in [-0.4, -0.2) is 69.1 Å². The number of anilines is 1. The van der Waals surface area contributed by atoms with Crippen molar-refractivity contribution in [3.63, 3.8) is 0 Å². The first kappa shape index (κ1) is 29.6. The van der Waals surface area contributed by atoms with Gasteiger partial charge in [0.15, 0.2) is 17.4 Å². The third kappa shape index (κ3) is 7.45. The lowest BCUT2D eigenvalue weighted by Crippen LogP contribution is -2.35. The molecule has 3 heterocycles. The summed E-state index contributed by atoms with van der Waals surface area (Å²) in [6, 6.07) is 8.79. The van der Waals surface area contributed by atoms with E-state index in [4.69, 9.17) is 25.0 Å². The Morgan fingerprint density at radius 2 is 1.77 bits per heavy atom. The molecule has 6 atom stereocenters. The van der Waals surface area contributed by atoms with Gasteiger partial charge in [-0.25, -0.2) is 18.7 Å². The van der Waals surface area contributed by atoms with Crippen molar-refractivity contribution < 1.29 is 61.0 Å². The van der Waals surface area contributed by atoms with E-state index in [0.717, 1.165) is 5.56 Å². The molecule has 0 radical (unpaired) electrons. The number of phosphoric acid groups is 3. The van der Waals surface area contributed by atoms with Crippen LogP contribution in [0, 0.1) is 0 Å². The van der Waals surface area contributed by atoms with E-state index in [9.17, 15) is 33.4 Å². The summed E-state index contributed by atoms with van der Waals surface area (Å²) in [7, 11) is -16.8. The second-order valence-electron chi connectivity index (χ2n) is 7.98. The minimum absolute atomic E-state index is 0.0200. The topological polar surface area (TPSA) is 288 Å². The van der Waals surface area contributed by atoms with Crippen molar-refractivity contribution in [1.82, 2.24) is 19.5 Å². The second kappa shape index (κ2) is 11.3. The number of nitrogens with zero attached hydrogens (tertiary/aromatic N) is 3. The Balaban J connectivity index is 1.56. The van der Waals surface area contributed by atoms with Gasteiger partial charge in [0.2, 0.25) is 5.95 Å². The zero-order chi connectivity index (χ0) is 28.6. The first-order valence-corrected chi connectivity index (χ1v) is 15.2. The smallest absolute Gasteiger partial charge is 0.387 e. The number of aromatic amines is 1. The average Bonchev–Trinajstić information content (AvgIpc) is 3.35. The van der Waals surface area contributed by atoms with Gasteiger partial charge in [-0.05, 0) is 5.56 Å². The lowest BCUT2D eigenvalue weighted by molar-refractivity contribution is -0.0759. The third-order valence-electron chi connectivity index (χ3n) is 5.14. The number of aromatic nitrogens is 4. The van der Waals surface area contributed by atoms with Crippen LogP contribution in [0.1, 0.15) is 11.8 Å². The van der Waals surface area contributed by atoms with E-state index in [0.29, 0.717) is 0 Å². The fourth-order valence-corrected chi connectivity index (χ4v) is 6.66. The summed E-state index contributed by atoms with van der Waals surface area (Å²) >= 11 is 0. The van der Waals surface area contributed by atoms with Crippen LogP contribution < -0.4 is 11.3 Å². The SMILES string of the molecule is Nc1nc2c(ncn2[C@@H]2O[C@H](COP(=O)(O)OP(=O)(O)OP(=O)(O)O)[C@@H](O)[C@H]2OCc2ccccc2)c(=O)[nH]1. The minimum atomic E-state index is -5.75. The van der Waals surface area contributed by atoms with Crippen molar-refractivity contribution in [3.8, 4) is 0 Å². The molecule has 22 heteroatoms. The normalized spacial score (nSPS) is 24.9. The molecule has 0 bridgehead atoms. The zero-order valence-electron chi connectivity index (χ0n) is 19.4.